The van der Waals surface area contributed by atoms with Crippen molar-refractivity contribution in [3.05, 3.63) is 29.6 Å². The minimum Gasteiger partial charge on any atom is -0.350 e. The van der Waals surface area contributed by atoms with Crippen molar-refractivity contribution in [2.75, 3.05) is 0 Å². The topological polar surface area (TPSA) is 46.9 Å². The summed E-state index contributed by atoms with van der Waals surface area (Å²) in [5.41, 5.74) is 2.77. The van der Waals surface area contributed by atoms with Crippen molar-refractivity contribution >= 4 is 16.9 Å². The molecular formula is C16H21N3O. The summed E-state index contributed by atoms with van der Waals surface area (Å²) in [7, 11) is 0. The van der Waals surface area contributed by atoms with Crippen LogP contribution in [0.3, 0.4) is 0 Å². The molecule has 0 saturated carbocycles. The van der Waals surface area contributed by atoms with Crippen molar-refractivity contribution in [3.63, 3.8) is 0 Å². The van der Waals surface area contributed by atoms with E-state index in [1.165, 1.54) is 6.42 Å². The molecule has 1 aliphatic rings. The van der Waals surface area contributed by atoms with Gasteiger partial charge >= 0.3 is 0 Å². The minimum absolute atomic E-state index is 0.0266. The molecule has 1 aliphatic heterocycles. The molecule has 2 aromatic rings. The maximum absolute atomic E-state index is 12.0. The van der Waals surface area contributed by atoms with Gasteiger partial charge in [0.1, 0.15) is 5.82 Å². The van der Waals surface area contributed by atoms with Crippen LogP contribution in [0.5, 0.6) is 0 Å². The average molecular weight is 271 g/mol. The molecule has 3 rings (SSSR count). The van der Waals surface area contributed by atoms with Gasteiger partial charge in [-0.2, -0.15) is 0 Å². The first-order chi connectivity index (χ1) is 9.54. The van der Waals surface area contributed by atoms with Crippen LogP contribution in [-0.4, -0.2) is 21.5 Å². The molecule has 106 valence electrons. The van der Waals surface area contributed by atoms with E-state index >= 15 is 0 Å². The molecule has 1 aromatic carbocycles. The summed E-state index contributed by atoms with van der Waals surface area (Å²) in [4.78, 5) is 16.8. The molecule has 4 nitrogen and oxygen atoms in total. The lowest BCUT2D eigenvalue weighted by atomic mass is 10.0. The van der Waals surface area contributed by atoms with E-state index in [0.29, 0.717) is 11.5 Å². The Hall–Kier alpha value is -1.84. The molecule has 4 heteroatoms. The molecule has 0 fully saturated rings. The number of rotatable bonds is 2. The summed E-state index contributed by atoms with van der Waals surface area (Å²) in [6, 6.07) is 5.97. The number of amides is 1. The van der Waals surface area contributed by atoms with Crippen LogP contribution in [0.1, 0.15) is 43.4 Å². The zero-order chi connectivity index (χ0) is 14.3. The SMILES string of the molecule is CC1CCn2c(nc3cc(C(=O)NC(C)C)ccc32)C1. The number of benzene rings is 1. The van der Waals surface area contributed by atoms with E-state index in [9.17, 15) is 4.79 Å². The van der Waals surface area contributed by atoms with Gasteiger partial charge in [0.25, 0.3) is 5.91 Å². The number of aromatic nitrogens is 2. The van der Waals surface area contributed by atoms with Crippen LogP contribution >= 0.6 is 0 Å². The van der Waals surface area contributed by atoms with Crippen molar-refractivity contribution in [3.8, 4) is 0 Å². The van der Waals surface area contributed by atoms with Crippen molar-refractivity contribution in [1.82, 2.24) is 14.9 Å². The minimum atomic E-state index is -0.0266. The molecule has 0 bridgehead atoms. The van der Waals surface area contributed by atoms with Gasteiger partial charge < -0.3 is 9.88 Å². The summed E-state index contributed by atoms with van der Waals surface area (Å²) in [6.45, 7) is 7.23. The van der Waals surface area contributed by atoms with E-state index in [1.807, 2.05) is 32.0 Å². The quantitative estimate of drug-likeness (QED) is 0.913. The molecule has 0 spiro atoms. The van der Waals surface area contributed by atoms with Crippen LogP contribution in [0, 0.1) is 5.92 Å². The van der Waals surface area contributed by atoms with Crippen LogP contribution < -0.4 is 5.32 Å². The highest BCUT2D eigenvalue weighted by Gasteiger charge is 2.19. The first kappa shape index (κ1) is 13.2. The van der Waals surface area contributed by atoms with E-state index in [4.69, 9.17) is 4.98 Å². The second-order valence-electron chi connectivity index (χ2n) is 6.11. The van der Waals surface area contributed by atoms with Gasteiger partial charge in [-0.25, -0.2) is 4.98 Å². The predicted octanol–water partition coefficient (Wildman–Crippen LogP) is 2.76. The number of carbonyl (C=O) groups is 1. The number of hydrogen-bond acceptors (Lipinski definition) is 2. The van der Waals surface area contributed by atoms with Gasteiger partial charge in [-0.15, -0.1) is 0 Å². The number of nitrogens with zero attached hydrogens (tertiary/aromatic N) is 2. The van der Waals surface area contributed by atoms with Crippen LogP contribution in [0.15, 0.2) is 18.2 Å². The Morgan fingerprint density at radius 1 is 1.45 bits per heavy atom. The maximum atomic E-state index is 12.0. The van der Waals surface area contributed by atoms with Gasteiger partial charge in [-0.3, -0.25) is 4.79 Å². The Labute approximate surface area is 119 Å². The Kier molecular flexibility index (Phi) is 3.24. The summed E-state index contributed by atoms with van der Waals surface area (Å²) in [5, 5.41) is 2.92. The first-order valence-corrected chi connectivity index (χ1v) is 7.34. The Morgan fingerprint density at radius 2 is 2.25 bits per heavy atom. The maximum Gasteiger partial charge on any atom is 0.251 e. The summed E-state index contributed by atoms with van der Waals surface area (Å²) in [6.07, 6.45) is 2.23. The Bertz CT molecular complexity index is 657. The summed E-state index contributed by atoms with van der Waals surface area (Å²) in [5.74, 6) is 1.82. The number of imidazole rings is 1. The summed E-state index contributed by atoms with van der Waals surface area (Å²) >= 11 is 0. The molecule has 1 N–H and O–H groups in total. The molecule has 1 unspecified atom stereocenters. The number of nitrogens with one attached hydrogen (secondary N) is 1. The molecule has 0 aliphatic carbocycles. The fourth-order valence-electron chi connectivity index (χ4n) is 2.83. The van der Waals surface area contributed by atoms with Crippen LogP contribution in [0.4, 0.5) is 0 Å². The second-order valence-corrected chi connectivity index (χ2v) is 6.11. The molecular weight excluding hydrogens is 250 g/mol. The lowest BCUT2D eigenvalue weighted by Crippen LogP contribution is -2.29. The Morgan fingerprint density at radius 3 is 3.00 bits per heavy atom. The van der Waals surface area contributed by atoms with E-state index < -0.39 is 0 Å². The molecule has 1 amide bonds. The number of fused-ring (bicyclic) bond motifs is 3. The lowest BCUT2D eigenvalue weighted by Gasteiger charge is -2.20. The van der Waals surface area contributed by atoms with Gasteiger partial charge in [0.05, 0.1) is 11.0 Å². The smallest absolute Gasteiger partial charge is 0.251 e. The molecule has 0 radical (unpaired) electrons. The standard InChI is InChI=1S/C16H21N3O/c1-10(2)17-16(20)12-4-5-14-13(9-12)18-15-8-11(3)6-7-19(14)15/h4-5,9-11H,6-8H2,1-3H3,(H,17,20). The molecule has 1 aromatic heterocycles. The number of carbonyl (C=O) groups excluding carboxylic acids is 1. The van der Waals surface area contributed by atoms with Gasteiger partial charge in [-0.05, 0) is 44.4 Å². The van der Waals surface area contributed by atoms with Crippen molar-refractivity contribution in [1.29, 1.82) is 0 Å². The van der Waals surface area contributed by atoms with Gasteiger partial charge in [0, 0.05) is 24.6 Å². The van der Waals surface area contributed by atoms with Crippen LogP contribution in [0.25, 0.3) is 11.0 Å². The molecule has 1 atom stereocenters. The highest BCUT2D eigenvalue weighted by atomic mass is 16.1. The molecule has 2 heterocycles. The first-order valence-electron chi connectivity index (χ1n) is 7.34. The molecule has 0 saturated heterocycles. The normalized spacial score (nSPS) is 18.3. The van der Waals surface area contributed by atoms with Gasteiger partial charge in [-0.1, -0.05) is 6.92 Å². The second kappa shape index (κ2) is 4.93. The zero-order valence-corrected chi connectivity index (χ0v) is 12.3. The van der Waals surface area contributed by atoms with Crippen LogP contribution in [0.2, 0.25) is 0 Å². The highest BCUT2D eigenvalue weighted by Crippen LogP contribution is 2.25. The van der Waals surface area contributed by atoms with Crippen molar-refractivity contribution < 1.29 is 4.79 Å². The molecule has 20 heavy (non-hydrogen) atoms. The predicted molar refractivity (Wildman–Crippen MR) is 79.8 cm³/mol. The lowest BCUT2D eigenvalue weighted by molar-refractivity contribution is 0.0943. The van der Waals surface area contributed by atoms with E-state index in [1.54, 1.807) is 0 Å². The number of aryl methyl sites for hydroxylation is 1. The fraction of sp³-hybridized carbons (Fsp3) is 0.500. The van der Waals surface area contributed by atoms with E-state index in [0.717, 1.165) is 29.8 Å². The third-order valence-corrected chi connectivity index (χ3v) is 3.89. The van der Waals surface area contributed by atoms with Crippen molar-refractivity contribution in [2.45, 2.75) is 46.2 Å². The van der Waals surface area contributed by atoms with E-state index in [2.05, 4.69) is 16.8 Å². The third kappa shape index (κ3) is 2.30. The highest BCUT2D eigenvalue weighted by molar-refractivity contribution is 5.97. The van der Waals surface area contributed by atoms with Gasteiger partial charge in [0.15, 0.2) is 0 Å². The monoisotopic (exact) mass is 271 g/mol. The average Bonchev–Trinajstić information content (AvgIpc) is 2.73. The third-order valence-electron chi connectivity index (χ3n) is 3.89. The van der Waals surface area contributed by atoms with Crippen LogP contribution in [-0.2, 0) is 13.0 Å². The van der Waals surface area contributed by atoms with Gasteiger partial charge in [0.2, 0.25) is 0 Å². The van der Waals surface area contributed by atoms with Crippen molar-refractivity contribution in [2.24, 2.45) is 5.92 Å². The zero-order valence-electron chi connectivity index (χ0n) is 12.3. The number of hydrogen-bond donors (Lipinski definition) is 1. The fourth-order valence-corrected chi connectivity index (χ4v) is 2.83. The largest absolute Gasteiger partial charge is 0.350 e. The summed E-state index contributed by atoms with van der Waals surface area (Å²) < 4.78 is 2.29. The van der Waals surface area contributed by atoms with E-state index in [-0.39, 0.29) is 11.9 Å². The Balaban J connectivity index is 1.98.